The summed E-state index contributed by atoms with van der Waals surface area (Å²) < 4.78 is 6.12. The van der Waals surface area contributed by atoms with Gasteiger partial charge in [-0.3, -0.25) is 4.79 Å². The summed E-state index contributed by atoms with van der Waals surface area (Å²) in [6.07, 6.45) is 7.52. The molecule has 1 aromatic rings. The van der Waals surface area contributed by atoms with Crippen LogP contribution in [0.3, 0.4) is 0 Å². The number of hydrogen-bond acceptors (Lipinski definition) is 3. The van der Waals surface area contributed by atoms with Crippen LogP contribution in [0.25, 0.3) is 0 Å². The Kier molecular flexibility index (Phi) is 6.35. The van der Waals surface area contributed by atoms with E-state index >= 15 is 0 Å². The van der Waals surface area contributed by atoms with E-state index in [1.807, 2.05) is 4.90 Å². The molecule has 1 saturated carbocycles. The van der Waals surface area contributed by atoms with Gasteiger partial charge in [-0.2, -0.15) is 0 Å². The number of piperidine rings is 1. The van der Waals surface area contributed by atoms with Crippen LogP contribution in [-0.4, -0.2) is 36.0 Å². The number of benzene rings is 1. The molecule has 4 nitrogen and oxygen atoms in total. The van der Waals surface area contributed by atoms with Crippen LogP contribution in [0.5, 0.6) is 5.75 Å². The molecule has 1 heterocycles. The van der Waals surface area contributed by atoms with Crippen LogP contribution in [0.2, 0.25) is 0 Å². The summed E-state index contributed by atoms with van der Waals surface area (Å²) in [5, 5.41) is 3.73. The molecule has 138 valence electrons. The molecular weight excluding hydrogens is 312 g/mol. The number of nitrogens with one attached hydrogen (secondary N) is 1. The van der Waals surface area contributed by atoms with Gasteiger partial charge in [-0.05, 0) is 55.7 Å². The Morgan fingerprint density at radius 2 is 2.08 bits per heavy atom. The highest BCUT2D eigenvalue weighted by molar-refractivity contribution is 5.73. The molecule has 0 unspecified atom stereocenters. The first-order valence-electron chi connectivity index (χ1n) is 9.90. The molecule has 25 heavy (non-hydrogen) atoms. The maximum atomic E-state index is 11.6. The van der Waals surface area contributed by atoms with Gasteiger partial charge in [0.25, 0.3) is 0 Å². The van der Waals surface area contributed by atoms with Crippen LogP contribution in [0.15, 0.2) is 24.3 Å². The maximum absolute atomic E-state index is 11.6. The van der Waals surface area contributed by atoms with Crippen LogP contribution < -0.4 is 10.1 Å². The molecule has 2 atom stereocenters. The minimum atomic E-state index is 0.202. The fraction of sp³-hybridized carbons (Fsp3) is 0.667. The standard InChI is InChI=1S/C21H32N2O2/c1-3-18-15-23(16(2)24)12-11-21(18)22-14-17-7-6-10-20(13-17)25-19-8-4-5-9-19/h6-7,10,13,18-19,21-22H,3-5,8-9,11-12,14-15H2,1-2H3/t18-,21-/m0/s1. The second kappa shape index (κ2) is 8.70. The average Bonchev–Trinajstić information content (AvgIpc) is 3.13. The van der Waals surface area contributed by atoms with Crippen molar-refractivity contribution in [2.24, 2.45) is 5.92 Å². The third kappa shape index (κ3) is 4.97. The van der Waals surface area contributed by atoms with E-state index < -0.39 is 0 Å². The smallest absolute Gasteiger partial charge is 0.219 e. The predicted molar refractivity (Wildman–Crippen MR) is 101 cm³/mol. The third-order valence-electron chi connectivity index (χ3n) is 5.78. The number of carbonyl (C=O) groups is 1. The summed E-state index contributed by atoms with van der Waals surface area (Å²) in [5.41, 5.74) is 1.28. The highest BCUT2D eigenvalue weighted by Gasteiger charge is 2.28. The minimum absolute atomic E-state index is 0.202. The zero-order valence-corrected chi connectivity index (χ0v) is 15.7. The number of nitrogens with zero attached hydrogens (tertiary/aromatic N) is 1. The Bertz CT molecular complexity index is 569. The van der Waals surface area contributed by atoms with Crippen molar-refractivity contribution in [1.29, 1.82) is 0 Å². The topological polar surface area (TPSA) is 41.6 Å². The van der Waals surface area contributed by atoms with E-state index in [1.54, 1.807) is 6.92 Å². The van der Waals surface area contributed by atoms with E-state index in [0.29, 0.717) is 18.1 Å². The first-order chi connectivity index (χ1) is 12.2. The van der Waals surface area contributed by atoms with Gasteiger partial charge in [-0.15, -0.1) is 0 Å². The molecule has 1 N–H and O–H groups in total. The quantitative estimate of drug-likeness (QED) is 0.855. The van der Waals surface area contributed by atoms with Crippen molar-refractivity contribution in [3.8, 4) is 5.75 Å². The molecular formula is C21H32N2O2. The number of carbonyl (C=O) groups excluding carboxylic acids is 1. The zero-order valence-electron chi connectivity index (χ0n) is 15.7. The van der Waals surface area contributed by atoms with Crippen molar-refractivity contribution in [1.82, 2.24) is 10.2 Å². The molecule has 2 fully saturated rings. The number of hydrogen-bond donors (Lipinski definition) is 1. The Morgan fingerprint density at radius 3 is 2.80 bits per heavy atom. The molecule has 1 aliphatic heterocycles. The highest BCUT2D eigenvalue weighted by Crippen LogP contribution is 2.25. The van der Waals surface area contributed by atoms with Gasteiger partial charge in [0.2, 0.25) is 5.91 Å². The lowest BCUT2D eigenvalue weighted by molar-refractivity contribution is -0.131. The maximum Gasteiger partial charge on any atom is 0.219 e. The molecule has 4 heteroatoms. The van der Waals surface area contributed by atoms with Crippen molar-refractivity contribution >= 4 is 5.91 Å². The molecule has 2 aliphatic rings. The van der Waals surface area contributed by atoms with Crippen LogP contribution in [0.4, 0.5) is 0 Å². The first kappa shape index (κ1) is 18.2. The second-order valence-corrected chi connectivity index (χ2v) is 7.58. The molecule has 1 aliphatic carbocycles. The molecule has 0 radical (unpaired) electrons. The molecule has 0 aromatic heterocycles. The summed E-state index contributed by atoms with van der Waals surface area (Å²) in [4.78, 5) is 13.6. The van der Waals surface area contributed by atoms with Crippen molar-refractivity contribution < 1.29 is 9.53 Å². The SMILES string of the molecule is CC[C@H]1CN(C(C)=O)CC[C@@H]1NCc1cccc(OC2CCCC2)c1. The van der Waals surface area contributed by atoms with Gasteiger partial charge in [-0.1, -0.05) is 25.5 Å². The van der Waals surface area contributed by atoms with Crippen LogP contribution in [0.1, 0.15) is 57.9 Å². The Morgan fingerprint density at radius 1 is 1.28 bits per heavy atom. The van der Waals surface area contributed by atoms with E-state index in [4.69, 9.17) is 4.74 Å². The summed E-state index contributed by atoms with van der Waals surface area (Å²) in [6, 6.07) is 9.00. The Labute approximate surface area is 151 Å². The van der Waals surface area contributed by atoms with Gasteiger partial charge in [0.05, 0.1) is 6.10 Å². The fourth-order valence-electron chi connectivity index (χ4n) is 4.18. The van der Waals surface area contributed by atoms with E-state index in [1.165, 1.54) is 31.2 Å². The van der Waals surface area contributed by atoms with Crippen molar-refractivity contribution in [3.05, 3.63) is 29.8 Å². The van der Waals surface area contributed by atoms with E-state index in [-0.39, 0.29) is 5.91 Å². The van der Waals surface area contributed by atoms with Gasteiger partial charge in [0.1, 0.15) is 5.75 Å². The summed E-state index contributed by atoms with van der Waals surface area (Å²) in [7, 11) is 0. The first-order valence-corrected chi connectivity index (χ1v) is 9.90. The molecule has 0 spiro atoms. The van der Waals surface area contributed by atoms with Crippen molar-refractivity contribution in [3.63, 3.8) is 0 Å². The van der Waals surface area contributed by atoms with E-state index in [9.17, 15) is 4.79 Å². The number of likely N-dealkylation sites (tertiary alicyclic amines) is 1. The van der Waals surface area contributed by atoms with Gasteiger partial charge in [-0.25, -0.2) is 0 Å². The third-order valence-corrected chi connectivity index (χ3v) is 5.78. The lowest BCUT2D eigenvalue weighted by Gasteiger charge is -2.38. The molecule has 1 amide bonds. The highest BCUT2D eigenvalue weighted by atomic mass is 16.5. The molecule has 3 rings (SSSR count). The molecule has 0 bridgehead atoms. The van der Waals surface area contributed by atoms with Crippen molar-refractivity contribution in [2.75, 3.05) is 13.1 Å². The number of amides is 1. The number of ether oxygens (including phenoxy) is 1. The zero-order chi connectivity index (χ0) is 17.6. The van der Waals surface area contributed by atoms with Crippen LogP contribution in [-0.2, 0) is 11.3 Å². The normalized spacial score (nSPS) is 24.5. The Hall–Kier alpha value is -1.55. The lowest BCUT2D eigenvalue weighted by atomic mass is 9.89. The number of rotatable bonds is 6. The average molecular weight is 344 g/mol. The summed E-state index contributed by atoms with van der Waals surface area (Å²) >= 11 is 0. The Balaban J connectivity index is 1.53. The van der Waals surface area contributed by atoms with Crippen molar-refractivity contribution in [2.45, 2.75) is 71.1 Å². The monoisotopic (exact) mass is 344 g/mol. The van der Waals surface area contributed by atoms with Gasteiger partial charge in [0, 0.05) is 32.6 Å². The van der Waals surface area contributed by atoms with Crippen LogP contribution >= 0.6 is 0 Å². The predicted octanol–water partition coefficient (Wildman–Crippen LogP) is 3.74. The summed E-state index contributed by atoms with van der Waals surface area (Å²) in [6.45, 7) is 6.52. The molecule has 1 saturated heterocycles. The van der Waals surface area contributed by atoms with E-state index in [0.717, 1.165) is 38.2 Å². The van der Waals surface area contributed by atoms with E-state index in [2.05, 4.69) is 36.5 Å². The van der Waals surface area contributed by atoms with Gasteiger partial charge in [0.15, 0.2) is 0 Å². The largest absolute Gasteiger partial charge is 0.490 e. The van der Waals surface area contributed by atoms with Gasteiger partial charge >= 0.3 is 0 Å². The van der Waals surface area contributed by atoms with Gasteiger partial charge < -0.3 is 15.0 Å². The summed E-state index contributed by atoms with van der Waals surface area (Å²) in [5.74, 6) is 1.74. The second-order valence-electron chi connectivity index (χ2n) is 7.58. The van der Waals surface area contributed by atoms with Crippen LogP contribution in [0, 0.1) is 5.92 Å². The minimum Gasteiger partial charge on any atom is -0.490 e. The lowest BCUT2D eigenvalue weighted by Crippen LogP contribution is -2.50. The fourth-order valence-corrected chi connectivity index (χ4v) is 4.18. The molecule has 1 aromatic carbocycles.